The number of benzene rings is 1. The number of methoxy groups -OCH3 is 1. The van der Waals surface area contributed by atoms with Crippen molar-refractivity contribution in [2.75, 3.05) is 7.11 Å². The number of nitriles is 2. The van der Waals surface area contributed by atoms with Gasteiger partial charge < -0.3 is 4.74 Å². The van der Waals surface area contributed by atoms with Crippen molar-refractivity contribution in [1.82, 2.24) is 4.57 Å². The van der Waals surface area contributed by atoms with Gasteiger partial charge in [-0.25, -0.2) is 0 Å². The summed E-state index contributed by atoms with van der Waals surface area (Å²) in [5.74, 6) is 0.657. The van der Waals surface area contributed by atoms with Crippen molar-refractivity contribution in [2.45, 2.75) is 6.92 Å². The second-order valence-electron chi connectivity index (χ2n) is 5.30. The molecule has 0 saturated carbocycles. The average molecular weight is 379 g/mol. The number of nitrogens with zero attached hydrogens (tertiary/aromatic N) is 3. The second kappa shape index (κ2) is 7.40. The number of ether oxygens (including phenoxy) is 1. The third-order valence-corrected chi connectivity index (χ3v) is 5.67. The van der Waals surface area contributed by atoms with Gasteiger partial charge in [0.25, 0.3) is 5.56 Å². The van der Waals surface area contributed by atoms with Gasteiger partial charge in [-0.15, -0.1) is 22.7 Å². The first-order valence-electron chi connectivity index (χ1n) is 7.56. The quantitative estimate of drug-likeness (QED) is 0.699. The topological polar surface area (TPSA) is 78.8 Å². The van der Waals surface area contributed by atoms with Crippen LogP contribution in [0.25, 0.3) is 17.3 Å². The molecule has 0 N–H and O–H groups in total. The highest BCUT2D eigenvalue weighted by molar-refractivity contribution is 7.13. The normalized spacial score (nSPS) is 11.0. The number of rotatable bonds is 3. The Morgan fingerprint density at radius 1 is 1.12 bits per heavy atom. The molecule has 0 aliphatic carbocycles. The van der Waals surface area contributed by atoms with E-state index in [-0.39, 0.29) is 11.1 Å². The highest BCUT2D eigenvalue weighted by Gasteiger charge is 2.11. The van der Waals surface area contributed by atoms with Gasteiger partial charge in [0.1, 0.15) is 22.6 Å². The third kappa shape index (κ3) is 3.31. The lowest BCUT2D eigenvalue weighted by Gasteiger charge is -2.04. The molecule has 128 valence electrons. The van der Waals surface area contributed by atoms with Crippen molar-refractivity contribution in [2.24, 2.45) is 0 Å². The van der Waals surface area contributed by atoms with Crippen LogP contribution in [0.2, 0.25) is 0 Å². The molecule has 26 heavy (non-hydrogen) atoms. The summed E-state index contributed by atoms with van der Waals surface area (Å²) in [4.78, 5) is 15.1. The number of thiophene rings is 1. The summed E-state index contributed by atoms with van der Waals surface area (Å²) < 4.78 is 7.34. The molecule has 0 amide bonds. The third-order valence-electron chi connectivity index (χ3n) is 3.63. The highest BCUT2D eigenvalue weighted by atomic mass is 32.1. The molecule has 0 atom stereocenters. The highest BCUT2D eigenvalue weighted by Crippen LogP contribution is 2.16. The van der Waals surface area contributed by atoms with Crippen LogP contribution in [0.3, 0.4) is 0 Å². The van der Waals surface area contributed by atoms with Crippen molar-refractivity contribution in [3.63, 3.8) is 0 Å². The molecule has 3 aromatic rings. The van der Waals surface area contributed by atoms with Crippen molar-refractivity contribution in [1.29, 1.82) is 10.5 Å². The standard InChI is InChI=1S/C19H13N3O2S2/c1-12-3-8-16(25-12)9-17-18(23)22(19(26-17)13(10-20)11-21)14-4-6-15(24-2)7-5-14/h3-9H,1-2H3/b17-9+. The Labute approximate surface area is 157 Å². The van der Waals surface area contributed by atoms with Crippen LogP contribution in [0.15, 0.2) is 41.2 Å². The van der Waals surface area contributed by atoms with Crippen molar-refractivity contribution in [3.8, 4) is 23.6 Å². The Balaban J connectivity index is 2.34. The molecule has 0 saturated heterocycles. The maximum absolute atomic E-state index is 13.0. The zero-order chi connectivity index (χ0) is 18.7. The van der Waals surface area contributed by atoms with Crippen LogP contribution in [-0.4, -0.2) is 11.7 Å². The molecule has 0 fully saturated rings. The summed E-state index contributed by atoms with van der Waals surface area (Å²) in [6, 6.07) is 14.6. The van der Waals surface area contributed by atoms with Crippen molar-refractivity contribution in [3.05, 3.63) is 65.7 Å². The van der Waals surface area contributed by atoms with E-state index >= 15 is 0 Å². The molecule has 2 heterocycles. The molecule has 1 aromatic carbocycles. The molecule has 0 aliphatic heterocycles. The largest absolute Gasteiger partial charge is 0.497 e. The smallest absolute Gasteiger partial charge is 0.273 e. The number of aromatic nitrogens is 1. The number of hydrogen-bond acceptors (Lipinski definition) is 6. The van der Waals surface area contributed by atoms with Gasteiger partial charge in [0, 0.05) is 9.75 Å². The maximum Gasteiger partial charge on any atom is 0.273 e. The van der Waals surface area contributed by atoms with E-state index in [2.05, 4.69) is 0 Å². The summed E-state index contributed by atoms with van der Waals surface area (Å²) in [5, 5.41) is 18.6. The van der Waals surface area contributed by atoms with E-state index in [1.165, 1.54) is 4.57 Å². The first-order chi connectivity index (χ1) is 12.6. The zero-order valence-corrected chi connectivity index (χ0v) is 15.6. The zero-order valence-electron chi connectivity index (χ0n) is 14.0. The number of aryl methyl sites for hydroxylation is 1. The van der Waals surface area contributed by atoms with E-state index in [4.69, 9.17) is 4.74 Å². The summed E-state index contributed by atoms with van der Waals surface area (Å²) in [6.07, 6.45) is 1.79. The number of hydrogen-bond donors (Lipinski definition) is 0. The Morgan fingerprint density at radius 2 is 1.81 bits per heavy atom. The fourth-order valence-corrected chi connectivity index (χ4v) is 4.34. The lowest BCUT2D eigenvalue weighted by Crippen LogP contribution is -2.30. The van der Waals surface area contributed by atoms with Crippen LogP contribution in [0.1, 0.15) is 9.75 Å². The fourth-order valence-electron chi connectivity index (χ4n) is 2.40. The van der Waals surface area contributed by atoms with Gasteiger partial charge in [-0.2, -0.15) is 10.5 Å². The van der Waals surface area contributed by atoms with Crippen molar-refractivity contribution < 1.29 is 4.74 Å². The minimum atomic E-state index is -0.260. The van der Waals surface area contributed by atoms with Crippen LogP contribution in [0.4, 0.5) is 0 Å². The Kier molecular flexibility index (Phi) is 5.04. The van der Waals surface area contributed by atoms with Crippen LogP contribution < -0.4 is 19.5 Å². The van der Waals surface area contributed by atoms with E-state index in [9.17, 15) is 15.3 Å². The van der Waals surface area contributed by atoms with Crippen LogP contribution in [-0.2, 0) is 0 Å². The average Bonchev–Trinajstić information content (AvgIpc) is 3.20. The first kappa shape index (κ1) is 17.7. The molecule has 0 unspecified atom stereocenters. The SMILES string of the molecule is COc1ccc(-n2c(=C(C#N)C#N)s/c(=C/c3ccc(C)s3)c2=O)cc1. The fraction of sp³-hybridized carbons (Fsp3) is 0.105. The Morgan fingerprint density at radius 3 is 2.35 bits per heavy atom. The predicted molar refractivity (Wildman–Crippen MR) is 103 cm³/mol. The molecule has 2 aromatic heterocycles. The molecule has 0 spiro atoms. The lowest BCUT2D eigenvalue weighted by atomic mass is 10.3. The van der Waals surface area contributed by atoms with Crippen LogP contribution >= 0.6 is 22.7 Å². The van der Waals surface area contributed by atoms with Gasteiger partial charge in [0.2, 0.25) is 0 Å². The van der Waals surface area contributed by atoms with Crippen LogP contribution in [0.5, 0.6) is 5.75 Å². The molecular weight excluding hydrogens is 366 g/mol. The molecule has 0 aliphatic rings. The van der Waals surface area contributed by atoms with E-state index in [1.54, 1.807) is 48.8 Å². The Hall–Kier alpha value is -3.13. The summed E-state index contributed by atoms with van der Waals surface area (Å²) in [7, 11) is 1.56. The van der Waals surface area contributed by atoms with E-state index in [0.717, 1.165) is 21.1 Å². The minimum absolute atomic E-state index is 0.0927. The van der Waals surface area contributed by atoms with E-state index < -0.39 is 0 Å². The van der Waals surface area contributed by atoms with Gasteiger partial charge in [0.15, 0.2) is 5.57 Å². The van der Waals surface area contributed by atoms with Gasteiger partial charge in [0.05, 0.1) is 17.3 Å². The molecule has 0 radical (unpaired) electrons. The van der Waals surface area contributed by atoms with Gasteiger partial charge >= 0.3 is 0 Å². The lowest BCUT2D eigenvalue weighted by molar-refractivity contribution is 0.414. The molecule has 5 nitrogen and oxygen atoms in total. The van der Waals surface area contributed by atoms with Gasteiger partial charge in [-0.05, 0) is 49.4 Å². The maximum atomic E-state index is 13.0. The predicted octanol–water partition coefficient (Wildman–Crippen LogP) is 2.30. The Bertz CT molecular complexity index is 1200. The second-order valence-corrected chi connectivity index (χ2v) is 7.65. The summed E-state index contributed by atoms with van der Waals surface area (Å²) >= 11 is 2.72. The summed E-state index contributed by atoms with van der Waals surface area (Å²) in [6.45, 7) is 1.99. The molecule has 7 heteroatoms. The number of thiazole rings is 1. The molecular formula is C19H13N3O2S2. The van der Waals surface area contributed by atoms with Gasteiger partial charge in [-0.1, -0.05) is 0 Å². The first-order valence-corrected chi connectivity index (χ1v) is 9.19. The van der Waals surface area contributed by atoms with Crippen molar-refractivity contribution >= 4 is 34.3 Å². The van der Waals surface area contributed by atoms with E-state index in [0.29, 0.717) is 20.6 Å². The molecule has 3 rings (SSSR count). The molecule has 0 bridgehead atoms. The van der Waals surface area contributed by atoms with E-state index in [1.807, 2.05) is 31.2 Å². The monoisotopic (exact) mass is 379 g/mol. The minimum Gasteiger partial charge on any atom is -0.497 e. The van der Waals surface area contributed by atoms with Crippen LogP contribution in [0, 0.1) is 29.6 Å². The van der Waals surface area contributed by atoms with Gasteiger partial charge in [-0.3, -0.25) is 9.36 Å². The summed E-state index contributed by atoms with van der Waals surface area (Å²) in [5.41, 5.74) is 0.223.